The number of benzene rings is 2. The summed E-state index contributed by atoms with van der Waals surface area (Å²) >= 11 is 5.85. The quantitative estimate of drug-likeness (QED) is 0.885. The zero-order chi connectivity index (χ0) is 12.8. The molecule has 0 heterocycles. The Morgan fingerprint density at radius 3 is 2.44 bits per heavy atom. The van der Waals surface area contributed by atoms with Gasteiger partial charge in [0.05, 0.1) is 6.54 Å². The van der Waals surface area contributed by atoms with Crippen molar-refractivity contribution in [3.05, 3.63) is 59.6 Å². The van der Waals surface area contributed by atoms with Crippen molar-refractivity contribution in [3.63, 3.8) is 0 Å². The second-order valence-corrected chi connectivity index (χ2v) is 4.21. The van der Waals surface area contributed by atoms with Crippen molar-refractivity contribution in [2.24, 2.45) is 0 Å². The van der Waals surface area contributed by atoms with Crippen LogP contribution in [0.2, 0.25) is 5.02 Å². The molecule has 0 aliphatic heterocycles. The van der Waals surface area contributed by atoms with Gasteiger partial charge in [-0.1, -0.05) is 35.9 Å². The molecule has 0 aliphatic rings. The smallest absolute Gasteiger partial charge is 0.243 e. The Balaban J connectivity index is 1.85. The molecule has 0 aliphatic carbocycles. The first-order chi connectivity index (χ1) is 8.74. The van der Waals surface area contributed by atoms with E-state index >= 15 is 0 Å². The van der Waals surface area contributed by atoms with E-state index in [1.165, 1.54) is 0 Å². The average molecular weight is 261 g/mol. The third-order valence-electron chi connectivity index (χ3n) is 2.34. The molecule has 1 amide bonds. The highest BCUT2D eigenvalue weighted by Crippen LogP contribution is 2.14. The number of rotatable bonds is 4. The minimum absolute atomic E-state index is 0.0961. The monoisotopic (exact) mass is 260 g/mol. The van der Waals surface area contributed by atoms with Gasteiger partial charge >= 0.3 is 0 Å². The number of carbonyl (C=O) groups excluding carboxylic acids is 1. The highest BCUT2D eigenvalue weighted by atomic mass is 35.5. The Morgan fingerprint density at radius 1 is 1.00 bits per heavy atom. The minimum atomic E-state index is -0.0961. The van der Waals surface area contributed by atoms with Crippen LogP contribution in [0, 0.1) is 0 Å². The number of halogens is 1. The van der Waals surface area contributed by atoms with Crippen molar-refractivity contribution >= 4 is 28.9 Å². The van der Waals surface area contributed by atoms with Gasteiger partial charge in [0, 0.05) is 16.4 Å². The second-order valence-electron chi connectivity index (χ2n) is 3.78. The summed E-state index contributed by atoms with van der Waals surface area (Å²) in [7, 11) is 0. The number of hydrogen-bond acceptors (Lipinski definition) is 2. The van der Waals surface area contributed by atoms with Gasteiger partial charge in [-0.05, 0) is 30.3 Å². The topological polar surface area (TPSA) is 41.1 Å². The molecule has 0 saturated heterocycles. The van der Waals surface area contributed by atoms with Gasteiger partial charge in [0.15, 0.2) is 0 Å². The predicted octanol–water partition coefficient (Wildman–Crippen LogP) is 3.39. The lowest BCUT2D eigenvalue weighted by atomic mass is 10.3. The molecule has 18 heavy (non-hydrogen) atoms. The summed E-state index contributed by atoms with van der Waals surface area (Å²) in [5.41, 5.74) is 1.61. The van der Waals surface area contributed by atoms with E-state index < -0.39 is 0 Å². The summed E-state index contributed by atoms with van der Waals surface area (Å²) in [6.07, 6.45) is 0. The lowest BCUT2D eigenvalue weighted by Crippen LogP contribution is -2.21. The van der Waals surface area contributed by atoms with Gasteiger partial charge in [0.25, 0.3) is 0 Å². The van der Waals surface area contributed by atoms with Gasteiger partial charge in [-0.25, -0.2) is 0 Å². The van der Waals surface area contributed by atoms with Crippen LogP contribution in [0.25, 0.3) is 0 Å². The summed E-state index contributed by atoms with van der Waals surface area (Å²) in [4.78, 5) is 11.7. The molecule has 0 saturated carbocycles. The van der Waals surface area contributed by atoms with Crippen LogP contribution in [0.3, 0.4) is 0 Å². The summed E-state index contributed by atoms with van der Waals surface area (Å²) in [5, 5.41) is 6.44. The zero-order valence-electron chi connectivity index (χ0n) is 9.69. The summed E-state index contributed by atoms with van der Waals surface area (Å²) < 4.78 is 0. The molecule has 0 atom stereocenters. The molecule has 3 nitrogen and oxygen atoms in total. The van der Waals surface area contributed by atoms with Crippen molar-refractivity contribution in [3.8, 4) is 0 Å². The van der Waals surface area contributed by atoms with Gasteiger partial charge in [0.2, 0.25) is 5.91 Å². The largest absolute Gasteiger partial charge is 0.376 e. The van der Waals surface area contributed by atoms with E-state index in [-0.39, 0.29) is 12.5 Å². The molecule has 0 aromatic heterocycles. The fraction of sp³-hybridized carbons (Fsp3) is 0.0714. The molecule has 2 rings (SSSR count). The highest BCUT2D eigenvalue weighted by Gasteiger charge is 2.01. The van der Waals surface area contributed by atoms with Crippen molar-refractivity contribution in [2.75, 3.05) is 17.2 Å². The first-order valence-corrected chi connectivity index (χ1v) is 5.96. The zero-order valence-corrected chi connectivity index (χ0v) is 10.4. The predicted molar refractivity (Wildman–Crippen MR) is 75.0 cm³/mol. The van der Waals surface area contributed by atoms with Crippen LogP contribution < -0.4 is 10.6 Å². The molecule has 0 spiro atoms. The summed E-state index contributed by atoms with van der Waals surface area (Å²) in [6.45, 7) is 0.204. The summed E-state index contributed by atoms with van der Waals surface area (Å²) in [6, 6.07) is 16.6. The maximum Gasteiger partial charge on any atom is 0.243 e. The van der Waals surface area contributed by atoms with Crippen LogP contribution in [-0.4, -0.2) is 12.5 Å². The van der Waals surface area contributed by atoms with Gasteiger partial charge in [0.1, 0.15) is 0 Å². The lowest BCUT2D eigenvalue weighted by molar-refractivity contribution is -0.114. The number of hydrogen-bond donors (Lipinski definition) is 2. The van der Waals surface area contributed by atoms with Crippen molar-refractivity contribution in [1.82, 2.24) is 0 Å². The third-order valence-corrected chi connectivity index (χ3v) is 2.57. The number of nitrogens with one attached hydrogen (secondary N) is 2. The van der Waals surface area contributed by atoms with Crippen LogP contribution in [0.4, 0.5) is 11.4 Å². The molecular weight excluding hydrogens is 248 g/mol. The minimum Gasteiger partial charge on any atom is -0.376 e. The molecular formula is C14H13ClN2O. The molecule has 92 valence electrons. The van der Waals surface area contributed by atoms with Gasteiger partial charge in [-0.2, -0.15) is 0 Å². The van der Waals surface area contributed by atoms with E-state index in [0.29, 0.717) is 5.02 Å². The molecule has 0 fully saturated rings. The lowest BCUT2D eigenvalue weighted by Gasteiger charge is -2.07. The maximum absolute atomic E-state index is 11.7. The SMILES string of the molecule is O=C(CNc1cccc(Cl)c1)Nc1ccccc1. The van der Waals surface area contributed by atoms with Gasteiger partial charge in [-0.3, -0.25) is 4.79 Å². The van der Waals surface area contributed by atoms with Crippen molar-refractivity contribution < 1.29 is 4.79 Å². The van der Waals surface area contributed by atoms with E-state index in [9.17, 15) is 4.79 Å². The first-order valence-electron chi connectivity index (χ1n) is 5.58. The Hall–Kier alpha value is -2.00. The Bertz CT molecular complexity index is 528. The van der Waals surface area contributed by atoms with E-state index in [4.69, 9.17) is 11.6 Å². The molecule has 4 heteroatoms. The van der Waals surface area contributed by atoms with E-state index in [1.807, 2.05) is 42.5 Å². The third kappa shape index (κ3) is 3.79. The van der Waals surface area contributed by atoms with Crippen LogP contribution >= 0.6 is 11.6 Å². The number of anilines is 2. The molecule has 2 aromatic carbocycles. The highest BCUT2D eigenvalue weighted by molar-refractivity contribution is 6.30. The van der Waals surface area contributed by atoms with Crippen LogP contribution in [0.5, 0.6) is 0 Å². The Morgan fingerprint density at radius 2 is 1.72 bits per heavy atom. The number of carbonyl (C=O) groups is 1. The van der Waals surface area contributed by atoms with E-state index in [2.05, 4.69) is 10.6 Å². The molecule has 0 bridgehead atoms. The molecule has 0 unspecified atom stereocenters. The second kappa shape index (κ2) is 6.07. The normalized spacial score (nSPS) is 9.83. The van der Waals surface area contributed by atoms with Crippen molar-refractivity contribution in [1.29, 1.82) is 0 Å². The van der Waals surface area contributed by atoms with Crippen LogP contribution in [-0.2, 0) is 4.79 Å². The average Bonchev–Trinajstić information content (AvgIpc) is 2.38. The first kappa shape index (κ1) is 12.5. The van der Waals surface area contributed by atoms with Crippen LogP contribution in [0.1, 0.15) is 0 Å². The van der Waals surface area contributed by atoms with Crippen molar-refractivity contribution in [2.45, 2.75) is 0 Å². The molecule has 0 radical (unpaired) electrons. The fourth-order valence-corrected chi connectivity index (χ4v) is 1.70. The van der Waals surface area contributed by atoms with Crippen LogP contribution in [0.15, 0.2) is 54.6 Å². The van der Waals surface area contributed by atoms with Gasteiger partial charge < -0.3 is 10.6 Å². The van der Waals surface area contributed by atoms with Gasteiger partial charge in [-0.15, -0.1) is 0 Å². The fourth-order valence-electron chi connectivity index (χ4n) is 1.51. The van der Waals surface area contributed by atoms with E-state index in [0.717, 1.165) is 11.4 Å². The number of para-hydroxylation sites is 1. The molecule has 2 aromatic rings. The Kier molecular flexibility index (Phi) is 4.20. The number of amides is 1. The standard InChI is InChI=1S/C14H13ClN2O/c15-11-5-4-8-13(9-11)16-10-14(18)17-12-6-2-1-3-7-12/h1-9,16H,10H2,(H,17,18). The Labute approximate surface area is 111 Å². The summed E-state index contributed by atoms with van der Waals surface area (Å²) in [5.74, 6) is -0.0961. The molecule has 2 N–H and O–H groups in total. The maximum atomic E-state index is 11.7. The van der Waals surface area contributed by atoms with E-state index in [1.54, 1.807) is 12.1 Å².